The number of aliphatic hydroxyl groups excluding tert-OH is 1. The number of aryl methyl sites for hydroxylation is 1. The van der Waals surface area contributed by atoms with Gasteiger partial charge in [-0.25, -0.2) is 4.98 Å². The third kappa shape index (κ3) is 2.65. The highest BCUT2D eigenvalue weighted by atomic mass is 16.3. The van der Waals surface area contributed by atoms with Crippen LogP contribution in [0.2, 0.25) is 0 Å². The molecule has 0 unspecified atom stereocenters. The molecule has 0 spiro atoms. The van der Waals surface area contributed by atoms with Crippen LogP contribution in [0.3, 0.4) is 0 Å². The summed E-state index contributed by atoms with van der Waals surface area (Å²) in [7, 11) is 0. The van der Waals surface area contributed by atoms with E-state index in [0.717, 1.165) is 38.0 Å². The zero-order valence-corrected chi connectivity index (χ0v) is 13.1. The second-order valence-corrected chi connectivity index (χ2v) is 6.60. The average Bonchev–Trinajstić information content (AvgIpc) is 3.04. The van der Waals surface area contributed by atoms with Crippen molar-refractivity contribution in [3.8, 4) is 0 Å². The monoisotopic (exact) mass is 315 g/mol. The van der Waals surface area contributed by atoms with Gasteiger partial charge >= 0.3 is 0 Å². The summed E-state index contributed by atoms with van der Waals surface area (Å²) in [6, 6.07) is 1.90. The van der Waals surface area contributed by atoms with E-state index in [2.05, 4.69) is 10.1 Å². The molecule has 1 amide bonds. The molecule has 2 aromatic rings. The third-order valence-electron chi connectivity index (χ3n) is 4.87. The molecule has 1 aliphatic heterocycles. The summed E-state index contributed by atoms with van der Waals surface area (Å²) in [5.41, 5.74) is 1.43. The molecule has 0 radical (unpaired) electrons. The SMILES string of the molecule is O=C(N1CCCn2nc(CO)cc2C1)C1(Cn2ccnc2)CC1. The van der Waals surface area contributed by atoms with Gasteiger partial charge in [-0.05, 0) is 25.3 Å². The first kappa shape index (κ1) is 14.4. The van der Waals surface area contributed by atoms with Gasteiger partial charge < -0.3 is 14.6 Å². The molecule has 122 valence electrons. The fourth-order valence-corrected chi connectivity index (χ4v) is 3.43. The minimum atomic E-state index is -0.254. The van der Waals surface area contributed by atoms with E-state index in [-0.39, 0.29) is 17.9 Å². The normalized spacial score (nSPS) is 19.3. The molecule has 23 heavy (non-hydrogen) atoms. The molecular weight excluding hydrogens is 294 g/mol. The summed E-state index contributed by atoms with van der Waals surface area (Å²) in [5.74, 6) is 0.242. The molecular formula is C16H21N5O2. The number of rotatable bonds is 4. The Morgan fingerprint density at radius 2 is 2.22 bits per heavy atom. The minimum absolute atomic E-state index is 0.0570. The van der Waals surface area contributed by atoms with Crippen LogP contribution in [0.25, 0.3) is 0 Å². The molecule has 4 rings (SSSR count). The molecule has 0 saturated heterocycles. The molecule has 0 aromatic carbocycles. The number of imidazole rings is 1. The fourth-order valence-electron chi connectivity index (χ4n) is 3.43. The second kappa shape index (κ2) is 5.49. The average molecular weight is 315 g/mol. The van der Waals surface area contributed by atoms with E-state index < -0.39 is 0 Å². The van der Waals surface area contributed by atoms with E-state index in [1.165, 1.54) is 0 Å². The topological polar surface area (TPSA) is 76.2 Å². The fraction of sp³-hybridized carbons (Fsp3) is 0.562. The lowest BCUT2D eigenvalue weighted by molar-refractivity contribution is -0.138. The van der Waals surface area contributed by atoms with Gasteiger partial charge in [0.2, 0.25) is 5.91 Å². The van der Waals surface area contributed by atoms with Crippen LogP contribution in [0.4, 0.5) is 0 Å². The maximum absolute atomic E-state index is 13.1. The van der Waals surface area contributed by atoms with Crippen molar-refractivity contribution in [2.24, 2.45) is 5.41 Å². The highest BCUT2D eigenvalue weighted by molar-refractivity contribution is 5.85. The summed E-state index contributed by atoms with van der Waals surface area (Å²) in [6.07, 6.45) is 8.23. The van der Waals surface area contributed by atoms with Crippen molar-refractivity contribution in [3.05, 3.63) is 36.2 Å². The smallest absolute Gasteiger partial charge is 0.230 e. The number of hydrogen-bond acceptors (Lipinski definition) is 4. The number of carbonyl (C=O) groups is 1. The van der Waals surface area contributed by atoms with Crippen molar-refractivity contribution >= 4 is 5.91 Å². The van der Waals surface area contributed by atoms with Crippen LogP contribution in [0.1, 0.15) is 30.7 Å². The first-order valence-electron chi connectivity index (χ1n) is 8.12. The lowest BCUT2D eigenvalue weighted by Gasteiger charge is -2.26. The summed E-state index contributed by atoms with van der Waals surface area (Å²) in [5, 5.41) is 13.6. The Hall–Kier alpha value is -2.15. The molecule has 1 aliphatic carbocycles. The molecule has 3 heterocycles. The zero-order valence-electron chi connectivity index (χ0n) is 13.1. The lowest BCUT2D eigenvalue weighted by atomic mass is 10.0. The van der Waals surface area contributed by atoms with Crippen molar-refractivity contribution in [3.63, 3.8) is 0 Å². The summed E-state index contributed by atoms with van der Waals surface area (Å²) in [4.78, 5) is 19.1. The summed E-state index contributed by atoms with van der Waals surface area (Å²) >= 11 is 0. The van der Waals surface area contributed by atoms with Crippen molar-refractivity contribution < 1.29 is 9.90 Å². The highest BCUT2D eigenvalue weighted by Crippen LogP contribution is 2.49. The van der Waals surface area contributed by atoms with Crippen LogP contribution in [0.15, 0.2) is 24.8 Å². The number of aliphatic hydroxyl groups is 1. The number of amides is 1. The predicted octanol–water partition coefficient (Wildman–Crippen LogP) is 0.785. The third-order valence-corrected chi connectivity index (χ3v) is 4.87. The molecule has 0 bridgehead atoms. The van der Waals surface area contributed by atoms with Crippen LogP contribution < -0.4 is 0 Å². The maximum Gasteiger partial charge on any atom is 0.230 e. The molecule has 7 nitrogen and oxygen atoms in total. The van der Waals surface area contributed by atoms with Crippen LogP contribution >= 0.6 is 0 Å². The number of aromatic nitrogens is 4. The Kier molecular flexibility index (Phi) is 3.45. The number of fused-ring (bicyclic) bond motifs is 1. The van der Waals surface area contributed by atoms with Gasteiger partial charge in [0.25, 0.3) is 0 Å². The Bertz CT molecular complexity index is 702. The lowest BCUT2D eigenvalue weighted by Crippen LogP contribution is -2.38. The van der Waals surface area contributed by atoms with Gasteiger partial charge in [-0.3, -0.25) is 9.48 Å². The van der Waals surface area contributed by atoms with E-state index in [1.807, 2.05) is 26.4 Å². The number of carbonyl (C=O) groups excluding carboxylic acids is 1. The second-order valence-electron chi connectivity index (χ2n) is 6.60. The van der Waals surface area contributed by atoms with Gasteiger partial charge in [0.15, 0.2) is 0 Å². The molecule has 2 aliphatic rings. The van der Waals surface area contributed by atoms with Crippen LogP contribution in [0, 0.1) is 5.41 Å². The van der Waals surface area contributed by atoms with Gasteiger partial charge in [-0.2, -0.15) is 5.10 Å². The Morgan fingerprint density at radius 1 is 1.35 bits per heavy atom. The van der Waals surface area contributed by atoms with E-state index in [4.69, 9.17) is 0 Å². The van der Waals surface area contributed by atoms with E-state index in [0.29, 0.717) is 18.8 Å². The molecule has 2 aromatic heterocycles. The molecule has 1 N–H and O–H groups in total. The number of hydrogen-bond donors (Lipinski definition) is 1. The van der Waals surface area contributed by atoms with Crippen LogP contribution in [0.5, 0.6) is 0 Å². The van der Waals surface area contributed by atoms with Crippen molar-refractivity contribution in [2.45, 2.75) is 45.5 Å². The van der Waals surface area contributed by atoms with Gasteiger partial charge in [0.1, 0.15) is 0 Å². The summed E-state index contributed by atoms with van der Waals surface area (Å²) < 4.78 is 3.92. The van der Waals surface area contributed by atoms with Gasteiger partial charge in [-0.15, -0.1) is 0 Å². The molecule has 0 atom stereocenters. The minimum Gasteiger partial charge on any atom is -0.390 e. The number of nitrogens with zero attached hydrogens (tertiary/aromatic N) is 5. The summed E-state index contributed by atoms with van der Waals surface area (Å²) in [6.45, 7) is 2.80. The first-order chi connectivity index (χ1) is 11.2. The standard InChI is InChI=1S/C16H21N5O2/c22-10-13-8-14-9-20(5-1-6-21(14)18-13)15(23)16(2-3-16)11-19-7-4-17-12-19/h4,7-8,12,22H,1-3,5-6,9-11H2. The predicted molar refractivity (Wildman–Crippen MR) is 82.1 cm³/mol. The van der Waals surface area contributed by atoms with Crippen molar-refractivity contribution in [2.75, 3.05) is 6.54 Å². The largest absolute Gasteiger partial charge is 0.390 e. The van der Waals surface area contributed by atoms with Crippen molar-refractivity contribution in [1.82, 2.24) is 24.2 Å². The Morgan fingerprint density at radius 3 is 2.91 bits per heavy atom. The molecule has 7 heteroatoms. The van der Waals surface area contributed by atoms with E-state index in [1.54, 1.807) is 12.5 Å². The van der Waals surface area contributed by atoms with E-state index >= 15 is 0 Å². The first-order valence-corrected chi connectivity index (χ1v) is 8.12. The molecule has 1 fully saturated rings. The highest BCUT2D eigenvalue weighted by Gasteiger charge is 2.52. The zero-order chi connectivity index (χ0) is 15.9. The van der Waals surface area contributed by atoms with Gasteiger partial charge in [0, 0.05) is 32.0 Å². The van der Waals surface area contributed by atoms with Crippen LogP contribution in [-0.4, -0.2) is 41.8 Å². The van der Waals surface area contributed by atoms with Gasteiger partial charge in [0.05, 0.1) is 36.3 Å². The quantitative estimate of drug-likeness (QED) is 0.905. The van der Waals surface area contributed by atoms with Crippen LogP contribution in [-0.2, 0) is 31.0 Å². The van der Waals surface area contributed by atoms with E-state index in [9.17, 15) is 9.90 Å². The Labute approximate surface area is 134 Å². The van der Waals surface area contributed by atoms with Gasteiger partial charge in [-0.1, -0.05) is 0 Å². The molecule has 1 saturated carbocycles. The Balaban J connectivity index is 1.52. The maximum atomic E-state index is 13.1. The van der Waals surface area contributed by atoms with Crippen molar-refractivity contribution in [1.29, 1.82) is 0 Å².